The average molecular weight is 267 g/mol. The van der Waals surface area contributed by atoms with Crippen LogP contribution >= 0.6 is 0 Å². The van der Waals surface area contributed by atoms with Gasteiger partial charge in [0.05, 0.1) is 27.2 Å². The van der Waals surface area contributed by atoms with Crippen LogP contribution in [0.2, 0.25) is 0 Å². The maximum atomic E-state index is 2.42. The van der Waals surface area contributed by atoms with Crippen molar-refractivity contribution in [3.05, 3.63) is 18.7 Å². The van der Waals surface area contributed by atoms with Crippen LogP contribution in [0.1, 0.15) is 13.8 Å². The van der Waals surface area contributed by atoms with Crippen molar-refractivity contribution in [1.29, 1.82) is 0 Å². The SMILES string of the molecule is CC(C)[N+]12CC[N+](C)(CC1)CC2.Cn1cc[n+](C)c1. The van der Waals surface area contributed by atoms with E-state index in [9.17, 15) is 0 Å². The maximum Gasteiger partial charge on any atom is 0.243 e. The number of hydrogen-bond acceptors (Lipinski definition) is 0. The topological polar surface area (TPSA) is 8.81 Å². The Morgan fingerprint density at radius 3 is 1.84 bits per heavy atom. The van der Waals surface area contributed by atoms with Crippen LogP contribution in [0.5, 0.6) is 0 Å². The molecule has 0 aliphatic carbocycles. The predicted octanol–water partition coefficient (Wildman–Crippen LogP) is 0.535. The van der Waals surface area contributed by atoms with Crippen molar-refractivity contribution in [1.82, 2.24) is 4.57 Å². The molecule has 0 unspecified atom stereocenters. The largest absolute Gasteiger partial charge is 0.312 e. The van der Waals surface area contributed by atoms with E-state index in [0.29, 0.717) is 0 Å². The van der Waals surface area contributed by atoms with Crippen LogP contribution in [0.4, 0.5) is 0 Å². The van der Waals surface area contributed by atoms with Gasteiger partial charge in [0.1, 0.15) is 51.7 Å². The van der Waals surface area contributed by atoms with Gasteiger partial charge in [0.2, 0.25) is 6.33 Å². The number of nitrogens with zero attached hydrogens (tertiary/aromatic N) is 4. The molecule has 0 spiro atoms. The van der Waals surface area contributed by atoms with Gasteiger partial charge in [-0.05, 0) is 13.8 Å². The van der Waals surface area contributed by atoms with Gasteiger partial charge in [0, 0.05) is 0 Å². The summed E-state index contributed by atoms with van der Waals surface area (Å²) in [5.41, 5.74) is 0. The minimum absolute atomic E-state index is 0.846. The first-order valence-electron chi connectivity index (χ1n) is 7.52. The lowest BCUT2D eigenvalue weighted by Crippen LogP contribution is -2.75. The van der Waals surface area contributed by atoms with Gasteiger partial charge in [-0.3, -0.25) is 0 Å². The van der Waals surface area contributed by atoms with Crippen LogP contribution in [-0.4, -0.2) is 65.9 Å². The summed E-state index contributed by atoms with van der Waals surface area (Å²) < 4.78 is 6.76. The number of aromatic nitrogens is 2. The molecule has 3 saturated heterocycles. The van der Waals surface area contributed by atoms with E-state index in [-0.39, 0.29) is 0 Å². The fourth-order valence-electron chi connectivity index (χ4n) is 3.34. The molecule has 0 atom stereocenters. The fraction of sp³-hybridized carbons (Fsp3) is 0.800. The molecule has 0 aromatic carbocycles. The first kappa shape index (κ1) is 14.5. The summed E-state index contributed by atoms with van der Waals surface area (Å²) in [6.07, 6.45) is 6.00. The second kappa shape index (κ2) is 5.25. The fourth-order valence-corrected chi connectivity index (χ4v) is 3.34. The summed E-state index contributed by atoms with van der Waals surface area (Å²) in [5.74, 6) is 0. The summed E-state index contributed by atoms with van der Waals surface area (Å²) in [5, 5.41) is 0. The molecule has 0 amide bonds. The Bertz CT molecular complexity index is 381. The van der Waals surface area contributed by atoms with Crippen LogP contribution in [0.25, 0.3) is 0 Å². The van der Waals surface area contributed by atoms with Crippen molar-refractivity contribution >= 4 is 0 Å². The predicted molar refractivity (Wildman–Crippen MR) is 77.4 cm³/mol. The molecular formula is C15H31N4+3. The number of imidazole rings is 1. The Morgan fingerprint density at radius 1 is 1.05 bits per heavy atom. The first-order chi connectivity index (χ1) is 8.85. The van der Waals surface area contributed by atoms with Gasteiger partial charge in [0.25, 0.3) is 0 Å². The second-order valence-corrected chi connectivity index (χ2v) is 7.02. The van der Waals surface area contributed by atoms with E-state index in [2.05, 4.69) is 20.9 Å². The quantitative estimate of drug-likeness (QED) is 0.519. The summed E-state index contributed by atoms with van der Waals surface area (Å²) >= 11 is 0. The van der Waals surface area contributed by atoms with E-state index in [1.807, 2.05) is 42.0 Å². The van der Waals surface area contributed by atoms with Crippen LogP contribution < -0.4 is 4.57 Å². The number of quaternary nitrogens is 2. The van der Waals surface area contributed by atoms with Gasteiger partial charge >= 0.3 is 0 Å². The molecule has 4 nitrogen and oxygen atoms in total. The van der Waals surface area contributed by atoms with E-state index in [1.54, 1.807) is 0 Å². The third kappa shape index (κ3) is 3.18. The maximum absolute atomic E-state index is 2.42. The van der Waals surface area contributed by atoms with Gasteiger partial charge in [-0.2, -0.15) is 0 Å². The van der Waals surface area contributed by atoms with Gasteiger partial charge in [-0.25, -0.2) is 9.13 Å². The zero-order valence-electron chi connectivity index (χ0n) is 13.3. The lowest BCUT2D eigenvalue weighted by atomic mass is 10.1. The third-order valence-electron chi connectivity index (χ3n) is 5.25. The first-order valence-corrected chi connectivity index (χ1v) is 7.52. The van der Waals surface area contributed by atoms with Crippen LogP contribution in [0, 0.1) is 0 Å². The molecular weight excluding hydrogens is 236 g/mol. The van der Waals surface area contributed by atoms with E-state index in [4.69, 9.17) is 0 Å². The zero-order valence-corrected chi connectivity index (χ0v) is 13.3. The standard InChI is InChI=1S/C10H22N2.C5H9N2/c1-10(2)12-7-4-11(3,5-8-12)6-9-12;1-6-3-4-7(2)5-6/h10H,4-9H2,1-3H3;3-5H,1-2H3/q+2;+1. The average Bonchev–Trinajstić information content (AvgIpc) is 2.75. The molecule has 0 saturated carbocycles. The zero-order chi connectivity index (χ0) is 14.1. The molecule has 3 fully saturated rings. The molecule has 3 aliphatic rings. The van der Waals surface area contributed by atoms with E-state index in [0.717, 1.165) is 6.04 Å². The van der Waals surface area contributed by atoms with Crippen LogP contribution in [0.3, 0.4) is 0 Å². The molecule has 4 rings (SSSR count). The lowest BCUT2D eigenvalue weighted by molar-refractivity contribution is -1.08. The van der Waals surface area contributed by atoms with Crippen molar-refractivity contribution in [3.8, 4) is 0 Å². The van der Waals surface area contributed by atoms with Crippen molar-refractivity contribution in [3.63, 3.8) is 0 Å². The highest BCUT2D eigenvalue weighted by molar-refractivity contribution is 4.62. The second-order valence-electron chi connectivity index (χ2n) is 7.02. The minimum Gasteiger partial charge on any atom is -0.312 e. The minimum atomic E-state index is 0.846. The molecule has 4 heteroatoms. The summed E-state index contributed by atoms with van der Waals surface area (Å²) in [4.78, 5) is 0. The highest BCUT2D eigenvalue weighted by atomic mass is 15.5. The highest BCUT2D eigenvalue weighted by Gasteiger charge is 2.47. The number of aryl methyl sites for hydroxylation is 2. The molecule has 1 aromatic heterocycles. The lowest BCUT2D eigenvalue weighted by Gasteiger charge is -2.55. The number of piperazine rings is 3. The Balaban J connectivity index is 0.000000163. The van der Waals surface area contributed by atoms with Gasteiger partial charge in [-0.15, -0.1) is 0 Å². The van der Waals surface area contributed by atoms with E-state index >= 15 is 0 Å². The molecule has 108 valence electrons. The van der Waals surface area contributed by atoms with Crippen molar-refractivity contribution in [2.75, 3.05) is 46.3 Å². The van der Waals surface area contributed by atoms with Crippen molar-refractivity contribution in [2.24, 2.45) is 14.1 Å². The van der Waals surface area contributed by atoms with Gasteiger partial charge in [-0.1, -0.05) is 0 Å². The Hall–Kier alpha value is -0.870. The molecule has 3 aliphatic heterocycles. The van der Waals surface area contributed by atoms with Crippen molar-refractivity contribution < 1.29 is 13.5 Å². The number of likely N-dealkylation sites (N-methyl/N-ethyl adjacent to an activating group) is 1. The Labute approximate surface area is 118 Å². The monoisotopic (exact) mass is 267 g/mol. The molecule has 4 heterocycles. The molecule has 19 heavy (non-hydrogen) atoms. The van der Waals surface area contributed by atoms with Gasteiger partial charge in [0.15, 0.2) is 0 Å². The molecule has 1 aromatic rings. The highest BCUT2D eigenvalue weighted by Crippen LogP contribution is 2.27. The molecule has 0 radical (unpaired) electrons. The molecule has 0 N–H and O–H groups in total. The summed E-state index contributed by atoms with van der Waals surface area (Å²) in [7, 11) is 6.42. The number of fused-ring (bicyclic) bond motifs is 3. The Morgan fingerprint density at radius 2 is 1.58 bits per heavy atom. The van der Waals surface area contributed by atoms with Crippen LogP contribution in [0.15, 0.2) is 18.7 Å². The normalized spacial score (nSPS) is 33.2. The molecule has 2 bridgehead atoms. The number of rotatable bonds is 1. The smallest absolute Gasteiger partial charge is 0.243 e. The van der Waals surface area contributed by atoms with E-state index < -0.39 is 0 Å². The van der Waals surface area contributed by atoms with Crippen molar-refractivity contribution in [2.45, 2.75) is 19.9 Å². The summed E-state index contributed by atoms with van der Waals surface area (Å²) in [6.45, 7) is 13.3. The number of hydrogen-bond donors (Lipinski definition) is 0. The Kier molecular flexibility index (Phi) is 4.02. The van der Waals surface area contributed by atoms with E-state index in [1.165, 1.54) is 48.2 Å². The van der Waals surface area contributed by atoms with Gasteiger partial charge < -0.3 is 8.97 Å². The van der Waals surface area contributed by atoms with Crippen LogP contribution in [-0.2, 0) is 14.1 Å². The summed E-state index contributed by atoms with van der Waals surface area (Å²) in [6, 6.07) is 0.846. The third-order valence-corrected chi connectivity index (χ3v) is 5.25.